The van der Waals surface area contributed by atoms with E-state index in [0.29, 0.717) is 0 Å². The van der Waals surface area contributed by atoms with Crippen LogP contribution in [0.4, 0.5) is 0 Å². The van der Waals surface area contributed by atoms with Crippen LogP contribution in [0.2, 0.25) is 0 Å². The lowest BCUT2D eigenvalue weighted by molar-refractivity contribution is -0.299. The zero-order valence-electron chi connectivity index (χ0n) is 15.9. The Kier molecular flexibility index (Phi) is 10.1. The van der Waals surface area contributed by atoms with Crippen LogP contribution in [-0.2, 0) is 33.3 Å². The maximum Gasteiger partial charge on any atom is 0.340 e. The van der Waals surface area contributed by atoms with Gasteiger partial charge in [-0.25, -0.2) is 14.4 Å². The molecule has 1 aromatic rings. The molecule has 31 heavy (non-hydrogen) atoms. The van der Waals surface area contributed by atoms with Crippen LogP contribution in [0.1, 0.15) is 10.4 Å². The molecule has 0 unspecified atom stereocenters. The molecule has 1 N–H and O–H groups in total. The van der Waals surface area contributed by atoms with E-state index in [1.54, 1.807) is 18.2 Å². The van der Waals surface area contributed by atoms with Gasteiger partial charge in [0.15, 0.2) is 18.5 Å². The Hall–Kier alpha value is -1.33. The van der Waals surface area contributed by atoms with Crippen molar-refractivity contribution in [3.8, 4) is 0 Å². The summed E-state index contributed by atoms with van der Waals surface area (Å²) < 4.78 is 26.0. The smallest absolute Gasteiger partial charge is 0.340 e. The van der Waals surface area contributed by atoms with Gasteiger partial charge in [-0.3, -0.25) is 0 Å². The van der Waals surface area contributed by atoms with Crippen LogP contribution in [0.5, 0.6) is 0 Å². The van der Waals surface area contributed by atoms with Gasteiger partial charge in [-0.1, -0.05) is 64.6 Å². The molecule has 9 nitrogen and oxygen atoms in total. The third-order valence-corrected chi connectivity index (χ3v) is 4.81. The number of esters is 3. The molecule has 0 bridgehead atoms. The Morgan fingerprint density at radius 3 is 2.06 bits per heavy atom. The van der Waals surface area contributed by atoms with Crippen molar-refractivity contribution in [2.75, 3.05) is 13.7 Å². The van der Waals surface area contributed by atoms with Crippen molar-refractivity contribution in [3.63, 3.8) is 0 Å². The average Bonchev–Trinajstić information content (AvgIpc) is 2.75. The van der Waals surface area contributed by atoms with Gasteiger partial charge in [0.05, 0.1) is 5.56 Å². The first-order valence-electron chi connectivity index (χ1n) is 8.71. The second-order valence-electron chi connectivity index (χ2n) is 6.14. The summed E-state index contributed by atoms with van der Waals surface area (Å²) in [5, 5.41) is 10.7. The molecule has 1 fully saturated rings. The minimum absolute atomic E-state index is 0.272. The lowest BCUT2D eigenvalue weighted by Crippen LogP contribution is -2.62. The molecule has 1 aliphatic rings. The molecule has 0 aliphatic carbocycles. The molecule has 0 aromatic heterocycles. The predicted octanol–water partition coefficient (Wildman–Crippen LogP) is 2.01. The highest BCUT2D eigenvalue weighted by Gasteiger charge is 2.51. The van der Waals surface area contributed by atoms with E-state index in [9.17, 15) is 19.5 Å². The van der Waals surface area contributed by atoms with E-state index in [1.165, 1.54) is 19.2 Å². The molecule has 0 saturated carbocycles. The van der Waals surface area contributed by atoms with Crippen molar-refractivity contribution in [3.05, 3.63) is 35.9 Å². The fourth-order valence-electron chi connectivity index (χ4n) is 2.66. The number of benzene rings is 1. The van der Waals surface area contributed by atoms with Crippen molar-refractivity contribution in [1.29, 1.82) is 0 Å². The van der Waals surface area contributed by atoms with E-state index < -0.39 is 64.9 Å². The van der Waals surface area contributed by atoms with Crippen molar-refractivity contribution < 1.29 is 43.2 Å². The summed E-state index contributed by atoms with van der Waals surface area (Å²) in [4.78, 5) is 32.8. The van der Waals surface area contributed by atoms with Crippen molar-refractivity contribution in [2.24, 2.45) is 0 Å². The summed E-state index contributed by atoms with van der Waals surface area (Å²) in [6, 6.07) is 8.09. The number of carbonyl (C=O) groups is 3. The van der Waals surface area contributed by atoms with Crippen molar-refractivity contribution >= 4 is 64.3 Å². The van der Waals surface area contributed by atoms with Gasteiger partial charge in [0, 0.05) is 7.11 Å². The first kappa shape index (κ1) is 25.9. The molecule has 172 valence electrons. The van der Waals surface area contributed by atoms with E-state index in [1.807, 2.05) is 0 Å². The topological polar surface area (TPSA) is 118 Å². The SMILES string of the molecule is CO[C@H]1O[C@H](COC(=O)c2ccccc2)[C@@H](O)[C@H](OC(=O)C(Cl)Cl)[C@H]1OC(=O)C(Cl)Cl. The van der Waals surface area contributed by atoms with Crippen molar-refractivity contribution in [1.82, 2.24) is 0 Å². The van der Waals surface area contributed by atoms with E-state index in [2.05, 4.69) is 0 Å². The highest BCUT2D eigenvalue weighted by atomic mass is 35.5. The standard InChI is InChI=1S/C18H18Cl4O9/c1-27-18-12(31-17(26)14(21)22)11(30-16(25)13(19)20)10(23)9(29-18)7-28-15(24)8-5-3-2-4-6-8/h2-6,9-14,18,23H,7H2,1H3/t9-,10-,11+,12-,18+/m1/s1. The number of ether oxygens (including phenoxy) is 5. The largest absolute Gasteiger partial charge is 0.459 e. The third-order valence-electron chi connectivity index (χ3n) is 4.10. The summed E-state index contributed by atoms with van der Waals surface area (Å²) in [6.45, 7) is -0.442. The molecule has 0 radical (unpaired) electrons. The molecule has 1 saturated heterocycles. The normalized spacial score (nSPS) is 25.9. The third kappa shape index (κ3) is 7.08. The molecule has 1 aliphatic heterocycles. The minimum atomic E-state index is -1.63. The Bertz CT molecular complexity index is 762. The summed E-state index contributed by atoms with van der Waals surface area (Å²) in [5.74, 6) is -2.91. The number of hydrogen-bond acceptors (Lipinski definition) is 9. The Morgan fingerprint density at radius 2 is 1.55 bits per heavy atom. The maximum absolute atomic E-state index is 12.2. The second kappa shape index (κ2) is 12.1. The first-order valence-corrected chi connectivity index (χ1v) is 10.5. The lowest BCUT2D eigenvalue weighted by atomic mass is 9.98. The molecule has 0 spiro atoms. The van der Waals surface area contributed by atoms with E-state index in [0.717, 1.165) is 0 Å². The Labute approximate surface area is 197 Å². The highest BCUT2D eigenvalue weighted by molar-refractivity contribution is 6.53. The number of aliphatic hydroxyl groups is 1. The monoisotopic (exact) mass is 518 g/mol. The summed E-state index contributed by atoms with van der Waals surface area (Å²) in [7, 11) is 1.21. The van der Waals surface area contributed by atoms with Crippen LogP contribution in [0.3, 0.4) is 0 Å². The minimum Gasteiger partial charge on any atom is -0.459 e. The molecule has 2 rings (SSSR count). The zero-order chi connectivity index (χ0) is 23.1. The van der Waals surface area contributed by atoms with Crippen LogP contribution in [-0.4, -0.2) is 77.1 Å². The lowest BCUT2D eigenvalue weighted by Gasteiger charge is -2.42. The van der Waals surface area contributed by atoms with Gasteiger partial charge < -0.3 is 28.8 Å². The van der Waals surface area contributed by atoms with Crippen molar-refractivity contribution in [2.45, 2.75) is 40.4 Å². The second-order valence-corrected chi connectivity index (χ2v) is 8.33. The van der Waals surface area contributed by atoms with E-state index in [-0.39, 0.29) is 5.56 Å². The summed E-state index contributed by atoms with van der Waals surface area (Å²) >= 11 is 22.0. The Balaban J connectivity index is 2.19. The molecule has 1 heterocycles. The van der Waals surface area contributed by atoms with Gasteiger partial charge >= 0.3 is 17.9 Å². The van der Waals surface area contributed by atoms with E-state index in [4.69, 9.17) is 70.1 Å². The van der Waals surface area contributed by atoms with Crippen LogP contribution in [0.15, 0.2) is 30.3 Å². The Morgan fingerprint density at radius 1 is 1.00 bits per heavy atom. The molecule has 5 atom stereocenters. The average molecular weight is 520 g/mol. The molecular formula is C18H18Cl4O9. The quantitative estimate of drug-likeness (QED) is 0.312. The van der Waals surface area contributed by atoms with Gasteiger partial charge in [0.2, 0.25) is 9.67 Å². The first-order chi connectivity index (χ1) is 14.6. The summed E-state index contributed by atoms with van der Waals surface area (Å²) in [5.41, 5.74) is 0.272. The number of methoxy groups -OCH3 is 1. The van der Waals surface area contributed by atoms with Crippen LogP contribution in [0.25, 0.3) is 0 Å². The van der Waals surface area contributed by atoms with Gasteiger partial charge in [-0.2, -0.15) is 0 Å². The molecular weight excluding hydrogens is 502 g/mol. The summed E-state index contributed by atoms with van der Waals surface area (Å²) in [6.07, 6.45) is -7.24. The maximum atomic E-state index is 12.2. The highest BCUT2D eigenvalue weighted by Crippen LogP contribution is 2.29. The van der Waals surface area contributed by atoms with Gasteiger partial charge in [-0.15, -0.1) is 0 Å². The molecule has 1 aromatic carbocycles. The van der Waals surface area contributed by atoms with Crippen LogP contribution < -0.4 is 0 Å². The number of aliphatic hydroxyl groups excluding tert-OH is 1. The van der Waals surface area contributed by atoms with Gasteiger partial charge in [-0.05, 0) is 12.1 Å². The fourth-order valence-corrected chi connectivity index (χ4v) is 2.87. The number of halogens is 4. The number of alkyl halides is 4. The van der Waals surface area contributed by atoms with E-state index >= 15 is 0 Å². The van der Waals surface area contributed by atoms with Gasteiger partial charge in [0.25, 0.3) is 0 Å². The molecule has 0 amide bonds. The van der Waals surface area contributed by atoms with Crippen LogP contribution >= 0.6 is 46.4 Å². The predicted molar refractivity (Wildman–Crippen MR) is 109 cm³/mol. The fraction of sp³-hybridized carbons (Fsp3) is 0.500. The number of hydrogen-bond donors (Lipinski definition) is 1. The molecule has 13 heteroatoms. The van der Waals surface area contributed by atoms with Gasteiger partial charge in [0.1, 0.15) is 18.8 Å². The van der Waals surface area contributed by atoms with Crippen LogP contribution in [0, 0.1) is 0 Å². The number of carbonyl (C=O) groups excluding carboxylic acids is 3. The zero-order valence-corrected chi connectivity index (χ0v) is 18.9. The number of rotatable bonds is 8.